The van der Waals surface area contributed by atoms with Crippen LogP contribution in [-0.4, -0.2) is 17.9 Å². The highest BCUT2D eigenvalue weighted by Gasteiger charge is 2.24. The van der Waals surface area contributed by atoms with Crippen LogP contribution in [0.5, 0.6) is 0 Å². The van der Waals surface area contributed by atoms with E-state index in [1.165, 1.54) is 13.5 Å². The molecule has 64 valence electrons. The summed E-state index contributed by atoms with van der Waals surface area (Å²) in [5, 5.41) is 0. The van der Waals surface area contributed by atoms with Gasteiger partial charge in [-0.15, -0.1) is 0 Å². The molecule has 1 saturated carbocycles. The zero-order valence-corrected chi connectivity index (χ0v) is 8.26. The van der Waals surface area contributed by atoms with Crippen LogP contribution in [0.4, 0.5) is 0 Å². The Kier molecular flexibility index (Phi) is 3.37. The van der Waals surface area contributed by atoms with Crippen molar-refractivity contribution in [3.8, 4) is 0 Å². The molecule has 0 aromatic carbocycles. The smallest absolute Gasteiger partial charge is 0.305 e. The molecule has 0 bridgehead atoms. The second kappa shape index (κ2) is 4.10. The van der Waals surface area contributed by atoms with Gasteiger partial charge in [-0.1, -0.05) is 15.9 Å². The minimum absolute atomic E-state index is 0.0726. The van der Waals surface area contributed by atoms with E-state index in [0.29, 0.717) is 17.2 Å². The monoisotopic (exact) mass is 220 g/mol. The predicted molar refractivity (Wildman–Crippen MR) is 46.7 cm³/mol. The number of ether oxygens (including phenoxy) is 1. The van der Waals surface area contributed by atoms with Crippen molar-refractivity contribution in [3.63, 3.8) is 0 Å². The molecule has 1 aliphatic rings. The van der Waals surface area contributed by atoms with Gasteiger partial charge in [0, 0.05) is 11.2 Å². The van der Waals surface area contributed by atoms with E-state index in [4.69, 9.17) is 0 Å². The average Bonchev–Trinajstić information content (AvgIpc) is 2.35. The Hall–Kier alpha value is -0.0500. The molecule has 11 heavy (non-hydrogen) atoms. The first kappa shape index (κ1) is 9.04. The lowest BCUT2D eigenvalue weighted by molar-refractivity contribution is -0.141. The number of rotatable bonds is 2. The molecule has 3 heteroatoms. The lowest BCUT2D eigenvalue weighted by Gasteiger charge is -2.05. The molecule has 1 rings (SSSR count). The quantitative estimate of drug-likeness (QED) is 0.527. The van der Waals surface area contributed by atoms with Crippen LogP contribution in [-0.2, 0) is 9.53 Å². The van der Waals surface area contributed by atoms with E-state index in [9.17, 15) is 4.79 Å². The molecule has 2 nitrogen and oxygen atoms in total. The highest BCUT2D eigenvalue weighted by atomic mass is 79.9. The number of methoxy groups -OCH3 is 1. The number of esters is 1. The average molecular weight is 221 g/mol. The van der Waals surface area contributed by atoms with Crippen LogP contribution in [0.15, 0.2) is 0 Å². The van der Waals surface area contributed by atoms with Gasteiger partial charge in [-0.05, 0) is 25.2 Å². The Balaban J connectivity index is 2.23. The van der Waals surface area contributed by atoms with Crippen molar-refractivity contribution in [1.29, 1.82) is 0 Å². The van der Waals surface area contributed by atoms with Gasteiger partial charge in [-0.3, -0.25) is 4.79 Å². The number of carbonyl (C=O) groups excluding carboxylic acids is 1. The van der Waals surface area contributed by atoms with E-state index in [1.807, 2.05) is 0 Å². The van der Waals surface area contributed by atoms with Gasteiger partial charge >= 0.3 is 5.97 Å². The van der Waals surface area contributed by atoms with Gasteiger partial charge in [-0.25, -0.2) is 0 Å². The fourth-order valence-corrected chi connectivity index (χ4v) is 2.31. The molecule has 0 N–H and O–H groups in total. The molecule has 0 aromatic rings. The van der Waals surface area contributed by atoms with Gasteiger partial charge in [0.25, 0.3) is 0 Å². The van der Waals surface area contributed by atoms with Crippen molar-refractivity contribution in [2.45, 2.75) is 30.5 Å². The third-order valence-electron chi connectivity index (χ3n) is 2.16. The molecular formula is C8H13BrO2. The second-order valence-electron chi connectivity index (χ2n) is 3.06. The van der Waals surface area contributed by atoms with Crippen LogP contribution in [0.25, 0.3) is 0 Å². The molecule has 0 heterocycles. The van der Waals surface area contributed by atoms with Crippen LogP contribution in [0.1, 0.15) is 25.7 Å². The molecule has 2 unspecified atom stereocenters. The Morgan fingerprint density at radius 2 is 2.36 bits per heavy atom. The molecule has 1 aliphatic carbocycles. The summed E-state index contributed by atoms with van der Waals surface area (Å²) in [4.78, 5) is 11.5. The normalized spacial score (nSPS) is 30.4. The molecule has 0 radical (unpaired) electrons. The van der Waals surface area contributed by atoms with E-state index in [0.717, 1.165) is 12.8 Å². The third kappa shape index (κ3) is 2.81. The van der Waals surface area contributed by atoms with Crippen LogP contribution in [0.3, 0.4) is 0 Å². The SMILES string of the molecule is COC(=O)CC1CCC(Br)C1. The Bertz CT molecular complexity index is 147. The summed E-state index contributed by atoms with van der Waals surface area (Å²) in [6.07, 6.45) is 4.07. The summed E-state index contributed by atoms with van der Waals surface area (Å²) < 4.78 is 4.59. The van der Waals surface area contributed by atoms with Gasteiger partial charge < -0.3 is 4.74 Å². The summed E-state index contributed by atoms with van der Waals surface area (Å²) >= 11 is 3.54. The molecule has 0 aliphatic heterocycles. The highest BCUT2D eigenvalue weighted by Crippen LogP contribution is 2.32. The van der Waals surface area contributed by atoms with E-state index < -0.39 is 0 Å². The Morgan fingerprint density at radius 3 is 2.82 bits per heavy atom. The van der Waals surface area contributed by atoms with Crippen molar-refractivity contribution < 1.29 is 9.53 Å². The van der Waals surface area contributed by atoms with Crippen molar-refractivity contribution in [2.75, 3.05) is 7.11 Å². The molecule has 0 saturated heterocycles. The molecular weight excluding hydrogens is 208 g/mol. The minimum Gasteiger partial charge on any atom is -0.469 e. The summed E-state index contributed by atoms with van der Waals surface area (Å²) in [5.41, 5.74) is 0. The minimum atomic E-state index is -0.0726. The lowest BCUT2D eigenvalue weighted by atomic mass is 10.1. The zero-order valence-electron chi connectivity index (χ0n) is 6.68. The second-order valence-corrected chi connectivity index (χ2v) is 4.35. The zero-order chi connectivity index (χ0) is 8.27. The summed E-state index contributed by atoms with van der Waals surface area (Å²) in [6.45, 7) is 0. The van der Waals surface area contributed by atoms with Crippen molar-refractivity contribution in [3.05, 3.63) is 0 Å². The predicted octanol–water partition coefficient (Wildman–Crippen LogP) is 2.11. The number of carbonyl (C=O) groups is 1. The van der Waals surface area contributed by atoms with Gasteiger partial charge in [0.05, 0.1) is 7.11 Å². The fraction of sp³-hybridized carbons (Fsp3) is 0.875. The maximum absolute atomic E-state index is 10.8. The fourth-order valence-electron chi connectivity index (χ4n) is 1.52. The molecule has 0 aromatic heterocycles. The van der Waals surface area contributed by atoms with Crippen LogP contribution >= 0.6 is 15.9 Å². The van der Waals surface area contributed by atoms with Gasteiger partial charge in [0.2, 0.25) is 0 Å². The molecule has 1 fully saturated rings. The highest BCUT2D eigenvalue weighted by molar-refractivity contribution is 9.09. The van der Waals surface area contributed by atoms with E-state index in [-0.39, 0.29) is 5.97 Å². The van der Waals surface area contributed by atoms with Crippen LogP contribution in [0, 0.1) is 5.92 Å². The summed E-state index contributed by atoms with van der Waals surface area (Å²) in [5.74, 6) is 0.475. The van der Waals surface area contributed by atoms with E-state index >= 15 is 0 Å². The maximum Gasteiger partial charge on any atom is 0.305 e. The first-order chi connectivity index (χ1) is 5.22. The van der Waals surface area contributed by atoms with Crippen molar-refractivity contribution in [1.82, 2.24) is 0 Å². The molecule has 0 spiro atoms. The standard InChI is InChI=1S/C8H13BrO2/c1-11-8(10)5-6-2-3-7(9)4-6/h6-7H,2-5H2,1H3. The largest absolute Gasteiger partial charge is 0.469 e. The number of hydrogen-bond acceptors (Lipinski definition) is 2. The van der Waals surface area contributed by atoms with Gasteiger partial charge in [0.1, 0.15) is 0 Å². The number of alkyl halides is 1. The lowest BCUT2D eigenvalue weighted by Crippen LogP contribution is -2.07. The van der Waals surface area contributed by atoms with Crippen LogP contribution < -0.4 is 0 Å². The summed E-state index contributed by atoms with van der Waals surface area (Å²) in [7, 11) is 1.45. The van der Waals surface area contributed by atoms with Crippen LogP contribution in [0.2, 0.25) is 0 Å². The number of hydrogen-bond donors (Lipinski definition) is 0. The molecule has 0 amide bonds. The van der Waals surface area contributed by atoms with Gasteiger partial charge in [0.15, 0.2) is 0 Å². The topological polar surface area (TPSA) is 26.3 Å². The first-order valence-corrected chi connectivity index (χ1v) is 4.85. The van der Waals surface area contributed by atoms with Crippen molar-refractivity contribution in [2.24, 2.45) is 5.92 Å². The van der Waals surface area contributed by atoms with E-state index in [2.05, 4.69) is 20.7 Å². The van der Waals surface area contributed by atoms with Gasteiger partial charge in [-0.2, -0.15) is 0 Å². The Morgan fingerprint density at radius 1 is 1.64 bits per heavy atom. The first-order valence-electron chi connectivity index (χ1n) is 3.93. The maximum atomic E-state index is 10.8. The summed E-state index contributed by atoms with van der Waals surface area (Å²) in [6, 6.07) is 0. The number of halogens is 1. The van der Waals surface area contributed by atoms with Crippen molar-refractivity contribution >= 4 is 21.9 Å². The third-order valence-corrected chi connectivity index (χ3v) is 2.99. The molecule has 2 atom stereocenters. The Labute approximate surface area is 75.4 Å². The van der Waals surface area contributed by atoms with E-state index in [1.54, 1.807) is 0 Å².